The highest BCUT2D eigenvalue weighted by atomic mass is 19.4. The third-order valence-corrected chi connectivity index (χ3v) is 5.15. The van der Waals surface area contributed by atoms with Gasteiger partial charge in [-0.25, -0.2) is 0 Å². The van der Waals surface area contributed by atoms with Crippen LogP contribution >= 0.6 is 0 Å². The molecule has 3 rings (SSSR count). The van der Waals surface area contributed by atoms with E-state index in [1.807, 2.05) is 13.0 Å². The third kappa shape index (κ3) is 6.31. The Morgan fingerprint density at radius 1 is 1.06 bits per heavy atom. The van der Waals surface area contributed by atoms with Gasteiger partial charge in [0, 0.05) is 12.0 Å². The van der Waals surface area contributed by atoms with Gasteiger partial charge in [-0.2, -0.15) is 13.2 Å². The molecule has 1 N–H and O–H groups in total. The number of rotatable bonds is 10. The zero-order valence-electron chi connectivity index (χ0n) is 18.4. The fourth-order valence-corrected chi connectivity index (χ4v) is 3.51. The molecule has 1 aromatic heterocycles. The van der Waals surface area contributed by atoms with E-state index in [4.69, 9.17) is 19.0 Å². The van der Waals surface area contributed by atoms with Gasteiger partial charge in [0.25, 0.3) is 0 Å². The summed E-state index contributed by atoms with van der Waals surface area (Å²) in [6.45, 7) is 2.32. The van der Waals surface area contributed by atoms with Crippen molar-refractivity contribution in [3.05, 3.63) is 71.0 Å². The van der Waals surface area contributed by atoms with Gasteiger partial charge >= 0.3 is 12.1 Å². The van der Waals surface area contributed by atoms with Crippen molar-refractivity contribution < 1.29 is 37.0 Å². The van der Waals surface area contributed by atoms with E-state index in [0.29, 0.717) is 54.3 Å². The lowest BCUT2D eigenvalue weighted by Crippen LogP contribution is -2.04. The summed E-state index contributed by atoms with van der Waals surface area (Å²) in [5.74, 6) is 1.38. The zero-order chi connectivity index (χ0) is 24.0. The minimum absolute atomic E-state index is 0.109. The van der Waals surface area contributed by atoms with Gasteiger partial charge in [0.1, 0.15) is 11.5 Å². The Morgan fingerprint density at radius 3 is 2.39 bits per heavy atom. The predicted octanol–water partition coefficient (Wildman–Crippen LogP) is 6.18. The van der Waals surface area contributed by atoms with Gasteiger partial charge in [0.05, 0.1) is 25.7 Å². The van der Waals surface area contributed by atoms with E-state index < -0.39 is 17.7 Å². The molecule has 33 heavy (non-hydrogen) atoms. The molecule has 0 spiro atoms. The summed E-state index contributed by atoms with van der Waals surface area (Å²) in [7, 11) is 1.51. The molecule has 0 fully saturated rings. The highest BCUT2D eigenvalue weighted by molar-refractivity contribution is 5.70. The van der Waals surface area contributed by atoms with Crippen LogP contribution in [-0.2, 0) is 30.2 Å². The Labute approximate surface area is 189 Å². The van der Waals surface area contributed by atoms with Crippen LogP contribution in [0.2, 0.25) is 0 Å². The topological polar surface area (TPSA) is 68.9 Å². The van der Waals surface area contributed by atoms with Crippen molar-refractivity contribution in [2.75, 3.05) is 13.7 Å². The predicted molar refractivity (Wildman–Crippen MR) is 117 cm³/mol. The molecule has 0 aliphatic heterocycles. The summed E-state index contributed by atoms with van der Waals surface area (Å²) < 4.78 is 55.4. The second-order valence-corrected chi connectivity index (χ2v) is 7.50. The van der Waals surface area contributed by atoms with E-state index in [2.05, 4.69) is 0 Å². The van der Waals surface area contributed by atoms with Crippen molar-refractivity contribution in [3.8, 4) is 22.8 Å². The fourth-order valence-electron chi connectivity index (χ4n) is 3.51. The Balaban J connectivity index is 1.64. The van der Waals surface area contributed by atoms with Gasteiger partial charge in [-0.05, 0) is 54.3 Å². The van der Waals surface area contributed by atoms with Crippen LogP contribution in [0.25, 0.3) is 11.3 Å². The quantitative estimate of drug-likeness (QED) is 0.365. The van der Waals surface area contributed by atoms with Crippen molar-refractivity contribution in [1.82, 2.24) is 0 Å². The van der Waals surface area contributed by atoms with Crippen LogP contribution in [0.4, 0.5) is 13.2 Å². The van der Waals surface area contributed by atoms with Crippen molar-refractivity contribution in [1.29, 1.82) is 0 Å². The molecule has 0 aliphatic carbocycles. The zero-order valence-corrected chi connectivity index (χ0v) is 18.4. The van der Waals surface area contributed by atoms with Crippen molar-refractivity contribution in [3.63, 3.8) is 0 Å². The molecule has 5 nitrogen and oxygen atoms in total. The smallest absolute Gasteiger partial charge is 0.416 e. The molecule has 0 atom stereocenters. The van der Waals surface area contributed by atoms with Crippen molar-refractivity contribution >= 4 is 5.97 Å². The van der Waals surface area contributed by atoms with Gasteiger partial charge < -0.3 is 19.0 Å². The van der Waals surface area contributed by atoms with Crippen LogP contribution in [0.15, 0.2) is 52.9 Å². The summed E-state index contributed by atoms with van der Waals surface area (Å²) in [4.78, 5) is 10.9. The molecule has 0 bridgehead atoms. The molecule has 0 aliphatic rings. The Kier molecular flexibility index (Phi) is 7.68. The first kappa shape index (κ1) is 24.2. The monoisotopic (exact) mass is 462 g/mol. The highest BCUT2D eigenvalue weighted by Gasteiger charge is 2.30. The number of carboxylic acid groups (broad SMARTS) is 1. The van der Waals surface area contributed by atoms with E-state index in [9.17, 15) is 18.0 Å². The van der Waals surface area contributed by atoms with Crippen molar-refractivity contribution in [2.45, 2.75) is 38.8 Å². The van der Waals surface area contributed by atoms with E-state index >= 15 is 0 Å². The molecule has 8 heteroatoms. The number of carbonyl (C=O) groups is 1. The van der Waals surface area contributed by atoms with Crippen LogP contribution in [-0.4, -0.2) is 24.8 Å². The van der Waals surface area contributed by atoms with E-state index in [1.165, 1.54) is 19.2 Å². The third-order valence-electron chi connectivity index (χ3n) is 5.15. The number of ether oxygens (including phenoxy) is 2. The first-order valence-electron chi connectivity index (χ1n) is 10.5. The number of carboxylic acids is 1. The van der Waals surface area contributed by atoms with E-state index in [-0.39, 0.29) is 6.42 Å². The average Bonchev–Trinajstić information content (AvgIpc) is 3.19. The number of furan rings is 1. The van der Waals surface area contributed by atoms with Gasteiger partial charge in [0.15, 0.2) is 11.5 Å². The molecule has 0 saturated carbocycles. The average molecular weight is 462 g/mol. The molecular formula is C25H25F3O5. The SMILES string of the molecule is CCc1oc(-c2ccc(C(F)(F)F)cc2)cc1CCCOc1cc(CC(=O)O)ccc1OC. The summed E-state index contributed by atoms with van der Waals surface area (Å²) in [5, 5.41) is 8.98. The Bertz CT molecular complexity index is 1080. The first-order chi connectivity index (χ1) is 15.7. The summed E-state index contributed by atoms with van der Waals surface area (Å²) in [5.41, 5.74) is 1.47. The van der Waals surface area contributed by atoms with E-state index in [0.717, 1.165) is 23.5 Å². The second kappa shape index (κ2) is 10.5. The molecule has 1 heterocycles. The maximum atomic E-state index is 12.8. The van der Waals surface area contributed by atoms with Gasteiger partial charge in [-0.15, -0.1) is 0 Å². The summed E-state index contributed by atoms with van der Waals surface area (Å²) in [6.07, 6.45) is -2.52. The molecule has 2 aromatic carbocycles. The lowest BCUT2D eigenvalue weighted by molar-refractivity contribution is -0.138. The molecule has 3 aromatic rings. The number of methoxy groups -OCH3 is 1. The Morgan fingerprint density at radius 2 is 1.79 bits per heavy atom. The minimum Gasteiger partial charge on any atom is -0.493 e. The highest BCUT2D eigenvalue weighted by Crippen LogP contribution is 2.33. The number of alkyl halides is 3. The second-order valence-electron chi connectivity index (χ2n) is 7.50. The Hall–Kier alpha value is -3.42. The largest absolute Gasteiger partial charge is 0.493 e. The van der Waals surface area contributed by atoms with E-state index in [1.54, 1.807) is 18.2 Å². The maximum Gasteiger partial charge on any atom is 0.416 e. The number of aliphatic carboxylic acids is 1. The lowest BCUT2D eigenvalue weighted by atomic mass is 10.1. The van der Waals surface area contributed by atoms with Crippen LogP contribution in [0.1, 0.15) is 35.8 Å². The lowest BCUT2D eigenvalue weighted by Gasteiger charge is -2.12. The molecule has 0 radical (unpaired) electrons. The van der Waals surface area contributed by atoms with Crippen LogP contribution in [0, 0.1) is 0 Å². The normalized spacial score (nSPS) is 11.4. The summed E-state index contributed by atoms with van der Waals surface area (Å²) in [6, 6.07) is 11.8. The molecular weight excluding hydrogens is 437 g/mol. The van der Waals surface area contributed by atoms with Gasteiger partial charge in [0.2, 0.25) is 0 Å². The number of aryl methyl sites for hydroxylation is 2. The molecule has 0 saturated heterocycles. The maximum absolute atomic E-state index is 12.8. The number of benzene rings is 2. The standard InChI is InChI=1S/C25H25F3O5/c1-3-20-18(15-22(33-20)17-7-9-19(10-8-17)25(26,27)28)5-4-12-32-23-13-16(14-24(29)30)6-11-21(23)31-2/h6-11,13,15H,3-5,12,14H2,1-2H3,(H,29,30). The fraction of sp³-hybridized carbons (Fsp3) is 0.320. The molecule has 0 amide bonds. The van der Waals surface area contributed by atoms with Crippen LogP contribution in [0.3, 0.4) is 0 Å². The van der Waals surface area contributed by atoms with Crippen LogP contribution in [0.5, 0.6) is 11.5 Å². The first-order valence-corrected chi connectivity index (χ1v) is 10.5. The number of halogens is 3. The van der Waals surface area contributed by atoms with Gasteiger partial charge in [-0.3, -0.25) is 4.79 Å². The van der Waals surface area contributed by atoms with Crippen LogP contribution < -0.4 is 9.47 Å². The number of hydrogen-bond donors (Lipinski definition) is 1. The molecule has 176 valence electrons. The van der Waals surface area contributed by atoms with Gasteiger partial charge in [-0.1, -0.05) is 25.1 Å². The molecule has 0 unspecified atom stereocenters. The van der Waals surface area contributed by atoms with Crippen molar-refractivity contribution in [2.24, 2.45) is 0 Å². The number of hydrogen-bond acceptors (Lipinski definition) is 4. The minimum atomic E-state index is -4.38. The summed E-state index contributed by atoms with van der Waals surface area (Å²) >= 11 is 0.